The van der Waals surface area contributed by atoms with Gasteiger partial charge in [-0.15, -0.1) is 0 Å². The molecule has 2 heteroatoms. The van der Waals surface area contributed by atoms with Crippen molar-refractivity contribution in [2.24, 2.45) is 5.92 Å². The van der Waals surface area contributed by atoms with Gasteiger partial charge in [0.1, 0.15) is 0 Å². The van der Waals surface area contributed by atoms with Gasteiger partial charge >= 0.3 is 0 Å². The lowest BCUT2D eigenvalue weighted by Crippen LogP contribution is -2.51. The summed E-state index contributed by atoms with van der Waals surface area (Å²) < 4.78 is 6.75. The monoisotopic (exact) mass is 370 g/mol. The number of unbranched alkanes of at least 4 members (excludes halogenated alkanes) is 2. The summed E-state index contributed by atoms with van der Waals surface area (Å²) in [4.78, 5) is 12.3. The number of ether oxygens (including phenoxy) is 1. The smallest absolute Gasteiger partial charge is 0.162 e. The zero-order chi connectivity index (χ0) is 19.1. The number of carbonyl (C=O) groups is 1. The molecule has 150 valence electrons. The molecule has 27 heavy (non-hydrogen) atoms. The Bertz CT molecular complexity index is 589. The molecule has 2 aliphatic carbocycles. The molecule has 0 amide bonds. The molecule has 0 heterocycles. The van der Waals surface area contributed by atoms with Crippen molar-refractivity contribution in [3.05, 3.63) is 35.4 Å². The quantitative estimate of drug-likeness (QED) is 0.343. The first-order valence-corrected chi connectivity index (χ1v) is 11.5. The summed E-state index contributed by atoms with van der Waals surface area (Å²) in [7, 11) is 0. The highest BCUT2D eigenvalue weighted by molar-refractivity contribution is 5.96. The Morgan fingerprint density at radius 3 is 2.48 bits per heavy atom. The predicted octanol–water partition coefficient (Wildman–Crippen LogP) is 7.07. The van der Waals surface area contributed by atoms with Crippen molar-refractivity contribution < 1.29 is 9.53 Å². The van der Waals surface area contributed by atoms with Crippen molar-refractivity contribution >= 4 is 5.78 Å². The Kier molecular flexibility index (Phi) is 7.52. The Hall–Kier alpha value is -1.15. The van der Waals surface area contributed by atoms with Crippen LogP contribution in [-0.4, -0.2) is 18.0 Å². The van der Waals surface area contributed by atoms with Crippen LogP contribution in [0.2, 0.25) is 0 Å². The largest absolute Gasteiger partial charge is 0.374 e. The number of fused-ring (bicyclic) bond motifs is 1. The highest BCUT2D eigenvalue weighted by Gasteiger charge is 2.49. The van der Waals surface area contributed by atoms with Crippen LogP contribution in [0.1, 0.15) is 113 Å². The van der Waals surface area contributed by atoms with Crippen molar-refractivity contribution in [1.82, 2.24) is 0 Å². The summed E-state index contributed by atoms with van der Waals surface area (Å²) in [5.41, 5.74) is 2.31. The molecule has 0 aromatic heterocycles. The molecule has 3 rings (SSSR count). The Balaban J connectivity index is 1.80. The van der Waals surface area contributed by atoms with E-state index in [9.17, 15) is 4.79 Å². The summed E-state index contributed by atoms with van der Waals surface area (Å²) >= 11 is 0. The van der Waals surface area contributed by atoms with E-state index in [1.165, 1.54) is 56.9 Å². The molecule has 3 atom stereocenters. The van der Waals surface area contributed by atoms with Crippen LogP contribution in [-0.2, 0) is 4.74 Å². The van der Waals surface area contributed by atoms with E-state index in [4.69, 9.17) is 4.74 Å². The number of carbonyl (C=O) groups excluding carboxylic acids is 1. The fourth-order valence-corrected chi connectivity index (χ4v) is 5.43. The molecule has 0 aliphatic heterocycles. The highest BCUT2D eigenvalue weighted by Crippen LogP contribution is 2.53. The van der Waals surface area contributed by atoms with Crippen LogP contribution in [0.4, 0.5) is 0 Å². The van der Waals surface area contributed by atoms with E-state index in [0.29, 0.717) is 18.3 Å². The van der Waals surface area contributed by atoms with Crippen molar-refractivity contribution in [3.63, 3.8) is 0 Å². The molecule has 2 fully saturated rings. The van der Waals surface area contributed by atoms with E-state index in [1.807, 2.05) is 0 Å². The lowest BCUT2D eigenvalue weighted by atomic mass is 9.60. The van der Waals surface area contributed by atoms with E-state index in [2.05, 4.69) is 38.1 Å². The SMILES string of the molecule is CCCCO[C@]12CCCC[C@@H]1CCCC2c1ccc(C(=O)CCCC)cc1. The van der Waals surface area contributed by atoms with Gasteiger partial charge in [0, 0.05) is 24.5 Å². The molecule has 1 aromatic carbocycles. The summed E-state index contributed by atoms with van der Waals surface area (Å²) in [5, 5.41) is 0. The number of benzene rings is 1. The van der Waals surface area contributed by atoms with Crippen LogP contribution in [0.25, 0.3) is 0 Å². The first kappa shape index (κ1) is 20.6. The number of ketones is 1. The number of hydrogen-bond acceptors (Lipinski definition) is 2. The van der Waals surface area contributed by atoms with Crippen LogP contribution in [0.5, 0.6) is 0 Å². The molecule has 0 bridgehead atoms. The number of Topliss-reactive ketones (excluding diaryl/α,β-unsaturated/α-hetero) is 1. The van der Waals surface area contributed by atoms with Gasteiger partial charge in [-0.2, -0.15) is 0 Å². The third kappa shape index (κ3) is 4.65. The molecule has 2 saturated carbocycles. The average molecular weight is 371 g/mol. The first-order chi connectivity index (χ1) is 13.2. The minimum absolute atomic E-state index is 0.0411. The van der Waals surface area contributed by atoms with Crippen LogP contribution < -0.4 is 0 Å². The molecule has 0 saturated heterocycles. The van der Waals surface area contributed by atoms with Gasteiger partial charge in [-0.3, -0.25) is 4.79 Å². The molecule has 1 aromatic rings. The zero-order valence-electron chi connectivity index (χ0n) is 17.5. The number of hydrogen-bond donors (Lipinski definition) is 0. The zero-order valence-corrected chi connectivity index (χ0v) is 17.5. The lowest BCUT2D eigenvalue weighted by molar-refractivity contribution is -0.143. The summed E-state index contributed by atoms with van der Waals surface area (Å²) in [6.07, 6.45) is 14.2. The molecule has 1 unspecified atom stereocenters. The standard InChI is InChI=1S/C25H38O2/c1-3-5-13-24(26)21-16-14-20(15-17-21)23-12-9-11-22-10-7-8-18-25(22,23)27-19-6-4-2/h14-17,22-23H,3-13,18-19H2,1-2H3/t22-,23?,25-/m1/s1. The van der Waals surface area contributed by atoms with Gasteiger partial charge in [-0.25, -0.2) is 0 Å². The second-order valence-electron chi connectivity index (χ2n) is 8.73. The average Bonchev–Trinajstić information content (AvgIpc) is 2.72. The van der Waals surface area contributed by atoms with Crippen LogP contribution in [0.3, 0.4) is 0 Å². The third-order valence-corrected chi connectivity index (χ3v) is 6.96. The normalized spacial score (nSPS) is 27.9. The first-order valence-electron chi connectivity index (χ1n) is 11.5. The molecule has 0 spiro atoms. The van der Waals surface area contributed by atoms with E-state index in [-0.39, 0.29) is 11.4 Å². The Labute approximate surface area is 166 Å². The Morgan fingerprint density at radius 1 is 1.00 bits per heavy atom. The molecular formula is C25H38O2. The maximum atomic E-state index is 12.3. The van der Waals surface area contributed by atoms with E-state index in [1.54, 1.807) is 0 Å². The highest BCUT2D eigenvalue weighted by atomic mass is 16.5. The molecule has 0 N–H and O–H groups in total. The molecule has 0 radical (unpaired) electrons. The predicted molar refractivity (Wildman–Crippen MR) is 112 cm³/mol. The third-order valence-electron chi connectivity index (χ3n) is 6.96. The van der Waals surface area contributed by atoms with Gasteiger partial charge in [0.15, 0.2) is 5.78 Å². The summed E-state index contributed by atoms with van der Waals surface area (Å²) in [6, 6.07) is 8.59. The second kappa shape index (κ2) is 9.87. The maximum Gasteiger partial charge on any atom is 0.162 e. The van der Waals surface area contributed by atoms with Gasteiger partial charge in [-0.1, -0.05) is 70.2 Å². The van der Waals surface area contributed by atoms with Gasteiger partial charge in [0.2, 0.25) is 0 Å². The van der Waals surface area contributed by atoms with Crippen molar-refractivity contribution in [1.29, 1.82) is 0 Å². The fourth-order valence-electron chi connectivity index (χ4n) is 5.43. The van der Waals surface area contributed by atoms with Crippen molar-refractivity contribution in [2.75, 3.05) is 6.61 Å². The van der Waals surface area contributed by atoms with Gasteiger partial charge in [-0.05, 0) is 50.0 Å². The topological polar surface area (TPSA) is 26.3 Å². The molecule has 2 aliphatic rings. The van der Waals surface area contributed by atoms with Gasteiger partial charge < -0.3 is 4.74 Å². The van der Waals surface area contributed by atoms with Gasteiger partial charge in [0.25, 0.3) is 0 Å². The molecular weight excluding hydrogens is 332 g/mol. The van der Waals surface area contributed by atoms with Crippen LogP contribution in [0.15, 0.2) is 24.3 Å². The molecule has 2 nitrogen and oxygen atoms in total. The maximum absolute atomic E-state index is 12.3. The minimum Gasteiger partial charge on any atom is -0.374 e. The fraction of sp³-hybridized carbons (Fsp3) is 0.720. The minimum atomic E-state index is 0.0411. The number of rotatable bonds is 9. The van der Waals surface area contributed by atoms with E-state index < -0.39 is 0 Å². The second-order valence-corrected chi connectivity index (χ2v) is 8.73. The summed E-state index contributed by atoms with van der Waals surface area (Å²) in [5.74, 6) is 1.50. The van der Waals surface area contributed by atoms with E-state index in [0.717, 1.165) is 31.4 Å². The Morgan fingerprint density at radius 2 is 1.74 bits per heavy atom. The van der Waals surface area contributed by atoms with Crippen LogP contribution in [0, 0.1) is 5.92 Å². The summed E-state index contributed by atoms with van der Waals surface area (Å²) in [6.45, 7) is 5.28. The van der Waals surface area contributed by atoms with E-state index >= 15 is 0 Å². The van der Waals surface area contributed by atoms with Crippen molar-refractivity contribution in [3.8, 4) is 0 Å². The lowest BCUT2D eigenvalue weighted by Gasteiger charge is -2.52. The van der Waals surface area contributed by atoms with Crippen molar-refractivity contribution in [2.45, 2.75) is 102 Å². The van der Waals surface area contributed by atoms with Crippen LogP contribution >= 0.6 is 0 Å². The van der Waals surface area contributed by atoms with Gasteiger partial charge in [0.05, 0.1) is 5.60 Å².